The number of sulfonamides is 1. The van der Waals surface area contributed by atoms with Crippen LogP contribution in [0.15, 0.2) is 46.9 Å². The molecule has 1 aliphatic carbocycles. The molecular formula is C28H36BrN3O6S. The molecule has 0 bridgehead atoms. The van der Waals surface area contributed by atoms with Gasteiger partial charge in [-0.2, -0.15) is 0 Å². The number of amides is 2. The van der Waals surface area contributed by atoms with Crippen molar-refractivity contribution in [2.45, 2.75) is 70.5 Å². The average molecular weight is 623 g/mol. The van der Waals surface area contributed by atoms with Crippen LogP contribution in [0.2, 0.25) is 0 Å². The summed E-state index contributed by atoms with van der Waals surface area (Å²) in [7, 11) is -3.61. The number of rotatable bonds is 11. The standard InChI is InChI=1S/C28H36BrN3O6S/c1-20(28(34)30-23-7-4-3-5-8-23)31(18-21-10-12-22(29)13-11-21)27(33)9-6-16-32(39(2,35)36)24-14-15-25-26(17-24)38-19-37-25/h10-15,17,20,23H,3-9,16,18-19H2,1-2H3,(H,30,34). The Bertz CT molecular complexity index is 1260. The van der Waals surface area contributed by atoms with Crippen LogP contribution < -0.4 is 19.1 Å². The highest BCUT2D eigenvalue weighted by molar-refractivity contribution is 9.10. The van der Waals surface area contributed by atoms with Gasteiger partial charge < -0.3 is 19.7 Å². The lowest BCUT2D eigenvalue weighted by molar-refractivity contribution is -0.141. The van der Waals surface area contributed by atoms with Crippen molar-refractivity contribution >= 4 is 43.5 Å². The first-order valence-corrected chi connectivity index (χ1v) is 16.0. The molecule has 0 aromatic heterocycles. The summed E-state index contributed by atoms with van der Waals surface area (Å²) in [5.74, 6) is 0.677. The number of fused-ring (bicyclic) bond motifs is 1. The molecule has 1 atom stereocenters. The summed E-state index contributed by atoms with van der Waals surface area (Å²) < 4.78 is 38.1. The number of ether oxygens (including phenoxy) is 2. The number of hydrogen-bond donors (Lipinski definition) is 1. The molecular weight excluding hydrogens is 586 g/mol. The van der Waals surface area contributed by atoms with E-state index in [9.17, 15) is 18.0 Å². The van der Waals surface area contributed by atoms with Gasteiger partial charge in [0.15, 0.2) is 11.5 Å². The van der Waals surface area contributed by atoms with E-state index in [0.29, 0.717) is 17.2 Å². The van der Waals surface area contributed by atoms with Crippen LogP contribution in [0.3, 0.4) is 0 Å². The van der Waals surface area contributed by atoms with Crippen LogP contribution in [-0.4, -0.2) is 56.8 Å². The van der Waals surface area contributed by atoms with E-state index in [2.05, 4.69) is 21.2 Å². The van der Waals surface area contributed by atoms with Gasteiger partial charge >= 0.3 is 0 Å². The Labute approximate surface area is 239 Å². The van der Waals surface area contributed by atoms with E-state index < -0.39 is 16.1 Å². The molecule has 2 aromatic carbocycles. The molecule has 4 rings (SSSR count). The first-order valence-electron chi connectivity index (χ1n) is 13.3. The van der Waals surface area contributed by atoms with E-state index in [1.54, 1.807) is 30.0 Å². The topological polar surface area (TPSA) is 105 Å². The van der Waals surface area contributed by atoms with Crippen molar-refractivity contribution in [1.82, 2.24) is 10.2 Å². The lowest BCUT2D eigenvalue weighted by atomic mass is 9.95. The highest BCUT2D eigenvalue weighted by atomic mass is 79.9. The van der Waals surface area contributed by atoms with E-state index in [1.807, 2.05) is 24.3 Å². The summed E-state index contributed by atoms with van der Waals surface area (Å²) in [6.07, 6.45) is 6.81. The molecule has 1 fully saturated rings. The largest absolute Gasteiger partial charge is 0.454 e. The zero-order valence-electron chi connectivity index (χ0n) is 22.4. The minimum atomic E-state index is -3.61. The number of nitrogens with one attached hydrogen (secondary N) is 1. The summed E-state index contributed by atoms with van der Waals surface area (Å²) >= 11 is 3.43. The number of hydrogen-bond acceptors (Lipinski definition) is 6. The second-order valence-electron chi connectivity index (χ2n) is 10.1. The monoisotopic (exact) mass is 621 g/mol. The number of carbonyl (C=O) groups is 2. The number of halogens is 1. The maximum Gasteiger partial charge on any atom is 0.242 e. The Morgan fingerprint density at radius 1 is 1.05 bits per heavy atom. The minimum Gasteiger partial charge on any atom is -0.454 e. The minimum absolute atomic E-state index is 0.0902. The molecule has 0 radical (unpaired) electrons. The van der Waals surface area contributed by atoms with E-state index >= 15 is 0 Å². The number of nitrogens with zero attached hydrogens (tertiary/aromatic N) is 2. The van der Waals surface area contributed by atoms with Crippen LogP contribution in [-0.2, 0) is 26.2 Å². The van der Waals surface area contributed by atoms with Crippen molar-refractivity contribution in [2.24, 2.45) is 0 Å². The Balaban J connectivity index is 1.44. The molecule has 2 aliphatic rings. The SMILES string of the molecule is CC(C(=O)NC1CCCCC1)N(Cc1ccc(Br)cc1)C(=O)CCCN(c1ccc2c(c1)OCO2)S(C)(=O)=O. The fraction of sp³-hybridized carbons (Fsp3) is 0.500. The normalized spacial score (nSPS) is 16.0. The predicted octanol–water partition coefficient (Wildman–Crippen LogP) is 4.59. The third-order valence-electron chi connectivity index (χ3n) is 7.18. The lowest BCUT2D eigenvalue weighted by Gasteiger charge is -2.31. The molecule has 1 heterocycles. The first-order chi connectivity index (χ1) is 18.6. The van der Waals surface area contributed by atoms with E-state index in [-0.39, 0.29) is 50.6 Å². The zero-order valence-corrected chi connectivity index (χ0v) is 24.8. The van der Waals surface area contributed by atoms with Crippen molar-refractivity contribution in [1.29, 1.82) is 0 Å². The van der Waals surface area contributed by atoms with Gasteiger partial charge in [-0.15, -0.1) is 0 Å². The summed E-state index contributed by atoms with van der Waals surface area (Å²) in [5.41, 5.74) is 1.35. The van der Waals surface area contributed by atoms with Crippen LogP contribution in [0.5, 0.6) is 11.5 Å². The number of carbonyl (C=O) groups excluding carboxylic acids is 2. The van der Waals surface area contributed by atoms with Gasteiger partial charge in [0.2, 0.25) is 28.6 Å². The highest BCUT2D eigenvalue weighted by Crippen LogP contribution is 2.36. The molecule has 1 saturated carbocycles. The first kappa shape index (κ1) is 29.2. The lowest BCUT2D eigenvalue weighted by Crippen LogP contribution is -2.50. The van der Waals surface area contributed by atoms with Crippen molar-refractivity contribution in [3.63, 3.8) is 0 Å². The van der Waals surface area contributed by atoms with E-state index in [1.165, 1.54) is 10.7 Å². The molecule has 39 heavy (non-hydrogen) atoms. The smallest absolute Gasteiger partial charge is 0.242 e. The van der Waals surface area contributed by atoms with Gasteiger partial charge in [-0.25, -0.2) is 8.42 Å². The molecule has 1 N–H and O–H groups in total. The second-order valence-corrected chi connectivity index (χ2v) is 13.0. The van der Waals surface area contributed by atoms with Gasteiger partial charge in [0, 0.05) is 36.1 Å². The van der Waals surface area contributed by atoms with Gasteiger partial charge in [0.05, 0.1) is 11.9 Å². The summed E-state index contributed by atoms with van der Waals surface area (Å²) in [5, 5.41) is 3.14. The quantitative estimate of drug-likeness (QED) is 0.393. The summed E-state index contributed by atoms with van der Waals surface area (Å²) in [6, 6.07) is 12.1. The second kappa shape index (κ2) is 13.0. The Morgan fingerprint density at radius 3 is 2.44 bits per heavy atom. The average Bonchev–Trinajstić information content (AvgIpc) is 3.38. The maximum absolute atomic E-state index is 13.5. The number of anilines is 1. The van der Waals surface area contributed by atoms with Gasteiger partial charge in [-0.1, -0.05) is 47.3 Å². The summed E-state index contributed by atoms with van der Waals surface area (Å²) in [4.78, 5) is 28.3. The van der Waals surface area contributed by atoms with Crippen LogP contribution in [0.1, 0.15) is 57.4 Å². The molecule has 2 amide bonds. The maximum atomic E-state index is 13.5. The molecule has 1 aliphatic heterocycles. The van der Waals surface area contributed by atoms with Crippen LogP contribution in [0.25, 0.3) is 0 Å². The summed E-state index contributed by atoms with van der Waals surface area (Å²) in [6.45, 7) is 2.24. The Hall–Kier alpha value is -2.79. The van der Waals surface area contributed by atoms with Gasteiger partial charge in [-0.3, -0.25) is 13.9 Å². The van der Waals surface area contributed by atoms with E-state index in [0.717, 1.165) is 42.0 Å². The predicted molar refractivity (Wildman–Crippen MR) is 153 cm³/mol. The molecule has 1 unspecified atom stereocenters. The molecule has 9 nitrogen and oxygen atoms in total. The van der Waals surface area contributed by atoms with Gasteiger partial charge in [0.25, 0.3) is 0 Å². The molecule has 212 valence electrons. The van der Waals surface area contributed by atoms with Crippen molar-refractivity contribution in [2.75, 3.05) is 23.9 Å². The van der Waals surface area contributed by atoms with E-state index in [4.69, 9.17) is 9.47 Å². The molecule has 2 aromatic rings. The van der Waals surface area contributed by atoms with Crippen LogP contribution >= 0.6 is 15.9 Å². The number of benzene rings is 2. The fourth-order valence-corrected chi connectivity index (χ4v) is 6.20. The fourth-order valence-electron chi connectivity index (χ4n) is 4.98. The Kier molecular flexibility index (Phi) is 9.76. The third-order valence-corrected chi connectivity index (χ3v) is 8.90. The van der Waals surface area contributed by atoms with Gasteiger partial charge in [-0.05, 0) is 56.0 Å². The van der Waals surface area contributed by atoms with Crippen LogP contribution in [0.4, 0.5) is 5.69 Å². The van der Waals surface area contributed by atoms with Crippen molar-refractivity contribution in [3.05, 3.63) is 52.5 Å². The van der Waals surface area contributed by atoms with Crippen LogP contribution in [0, 0.1) is 0 Å². The molecule has 11 heteroatoms. The zero-order chi connectivity index (χ0) is 28.0. The van der Waals surface area contributed by atoms with Gasteiger partial charge in [0.1, 0.15) is 6.04 Å². The molecule has 0 saturated heterocycles. The molecule has 0 spiro atoms. The highest BCUT2D eigenvalue weighted by Gasteiger charge is 2.29. The van der Waals surface area contributed by atoms with Crippen molar-refractivity contribution in [3.8, 4) is 11.5 Å². The Morgan fingerprint density at radius 2 is 1.74 bits per heavy atom. The third kappa shape index (κ3) is 7.88. The van der Waals surface area contributed by atoms with Crippen molar-refractivity contribution < 1.29 is 27.5 Å².